The Kier molecular flexibility index (Phi) is 4.53. The predicted molar refractivity (Wildman–Crippen MR) is 98.3 cm³/mol. The van der Waals surface area contributed by atoms with Crippen LogP contribution in [0, 0.1) is 11.8 Å². The van der Waals surface area contributed by atoms with Gasteiger partial charge in [0.05, 0.1) is 12.1 Å². The molecule has 0 bridgehead atoms. The molecule has 4 nitrogen and oxygen atoms in total. The Hall–Kier alpha value is -3.19. The molecule has 0 radical (unpaired) electrons. The fourth-order valence-electron chi connectivity index (χ4n) is 2.47. The van der Waals surface area contributed by atoms with Gasteiger partial charge in [0.15, 0.2) is 0 Å². The van der Waals surface area contributed by atoms with E-state index in [4.69, 9.17) is 0 Å². The lowest BCUT2D eigenvalue weighted by atomic mass is 10.1. The highest BCUT2D eigenvalue weighted by molar-refractivity contribution is 6.06. The van der Waals surface area contributed by atoms with Gasteiger partial charge in [0.25, 0.3) is 5.91 Å². The van der Waals surface area contributed by atoms with Gasteiger partial charge in [0, 0.05) is 42.4 Å². The van der Waals surface area contributed by atoms with Crippen molar-refractivity contribution in [1.29, 1.82) is 0 Å². The third-order valence-corrected chi connectivity index (χ3v) is 3.79. The Morgan fingerprint density at radius 2 is 1.88 bits per heavy atom. The molecule has 1 aromatic heterocycles. The number of nitrogens with one attached hydrogen (secondary N) is 2. The summed E-state index contributed by atoms with van der Waals surface area (Å²) in [5, 5.41) is 3.76. The monoisotopic (exact) mass is 317 g/mol. The van der Waals surface area contributed by atoms with E-state index in [1.54, 1.807) is 6.20 Å². The third kappa shape index (κ3) is 3.41. The predicted octanol–water partition coefficient (Wildman–Crippen LogP) is 3.02. The number of H-pyrrole nitrogens is 1. The van der Waals surface area contributed by atoms with E-state index in [2.05, 4.69) is 22.1 Å². The van der Waals surface area contributed by atoms with Crippen LogP contribution in [0.4, 0.5) is 5.69 Å². The highest BCUT2D eigenvalue weighted by Crippen LogP contribution is 2.17. The first-order chi connectivity index (χ1) is 11.6. The lowest BCUT2D eigenvalue weighted by Crippen LogP contribution is -2.23. The van der Waals surface area contributed by atoms with Crippen molar-refractivity contribution in [2.45, 2.75) is 0 Å². The number of aromatic nitrogens is 1. The maximum atomic E-state index is 12.2. The molecular formula is C20H19N3O. The van der Waals surface area contributed by atoms with E-state index >= 15 is 0 Å². The van der Waals surface area contributed by atoms with E-state index in [1.807, 2.05) is 67.5 Å². The lowest BCUT2D eigenvalue weighted by Gasteiger charge is -2.11. The Labute approximate surface area is 141 Å². The van der Waals surface area contributed by atoms with Gasteiger partial charge in [-0.2, -0.15) is 0 Å². The lowest BCUT2D eigenvalue weighted by molar-refractivity contribution is 0.0960. The summed E-state index contributed by atoms with van der Waals surface area (Å²) in [4.78, 5) is 17.4. The maximum Gasteiger partial charge on any atom is 0.254 e. The van der Waals surface area contributed by atoms with Crippen molar-refractivity contribution in [3.05, 3.63) is 65.9 Å². The zero-order chi connectivity index (χ0) is 16.9. The number of hydrogen-bond donors (Lipinski definition) is 2. The number of amides is 1. The number of aromatic amines is 1. The first kappa shape index (κ1) is 15.7. The molecule has 24 heavy (non-hydrogen) atoms. The zero-order valence-electron chi connectivity index (χ0n) is 13.8. The topological polar surface area (TPSA) is 48.1 Å². The Bertz CT molecular complexity index is 911. The molecule has 2 N–H and O–H groups in total. The number of rotatable bonds is 3. The normalized spacial score (nSPS) is 10.1. The summed E-state index contributed by atoms with van der Waals surface area (Å²) >= 11 is 0. The van der Waals surface area contributed by atoms with Crippen molar-refractivity contribution in [2.24, 2.45) is 0 Å². The molecule has 120 valence electrons. The molecule has 1 amide bonds. The molecule has 1 heterocycles. The summed E-state index contributed by atoms with van der Waals surface area (Å²) in [6, 6.07) is 15.7. The number of benzene rings is 2. The number of anilines is 1. The van der Waals surface area contributed by atoms with Crippen LogP contribution in [0.15, 0.2) is 54.7 Å². The van der Waals surface area contributed by atoms with Crippen molar-refractivity contribution < 1.29 is 4.79 Å². The number of carbonyl (C=O) groups excluding carboxylic acids is 1. The van der Waals surface area contributed by atoms with Gasteiger partial charge >= 0.3 is 0 Å². The van der Waals surface area contributed by atoms with E-state index in [0.717, 1.165) is 22.2 Å². The zero-order valence-corrected chi connectivity index (χ0v) is 13.8. The quantitative estimate of drug-likeness (QED) is 0.730. The SMILES string of the molecule is CN(C)c1ccc(C#CCNC(=O)c2c[nH]c3ccccc23)cc1. The molecular weight excluding hydrogens is 298 g/mol. The number of fused-ring (bicyclic) bond motifs is 1. The van der Waals surface area contributed by atoms with E-state index < -0.39 is 0 Å². The van der Waals surface area contributed by atoms with E-state index in [9.17, 15) is 4.79 Å². The van der Waals surface area contributed by atoms with Gasteiger partial charge in [-0.3, -0.25) is 4.79 Å². The van der Waals surface area contributed by atoms with E-state index in [0.29, 0.717) is 12.1 Å². The van der Waals surface area contributed by atoms with E-state index in [1.165, 1.54) is 0 Å². The number of carbonyl (C=O) groups is 1. The van der Waals surface area contributed by atoms with Crippen LogP contribution in [-0.2, 0) is 0 Å². The van der Waals surface area contributed by atoms with Gasteiger partial charge in [-0.1, -0.05) is 30.0 Å². The molecule has 0 spiro atoms. The molecule has 3 rings (SSSR count). The first-order valence-electron chi connectivity index (χ1n) is 7.76. The molecule has 0 aliphatic carbocycles. The smallest absolute Gasteiger partial charge is 0.254 e. The Balaban J connectivity index is 1.61. The van der Waals surface area contributed by atoms with Gasteiger partial charge in [-0.05, 0) is 30.3 Å². The van der Waals surface area contributed by atoms with Gasteiger partial charge in [-0.15, -0.1) is 0 Å². The van der Waals surface area contributed by atoms with Crippen molar-refractivity contribution in [1.82, 2.24) is 10.3 Å². The maximum absolute atomic E-state index is 12.2. The second-order valence-corrected chi connectivity index (χ2v) is 5.67. The summed E-state index contributed by atoms with van der Waals surface area (Å²) in [6.07, 6.45) is 1.73. The Morgan fingerprint density at radius 3 is 2.62 bits per heavy atom. The van der Waals surface area contributed by atoms with Crippen molar-refractivity contribution in [3.8, 4) is 11.8 Å². The first-order valence-corrected chi connectivity index (χ1v) is 7.76. The van der Waals surface area contributed by atoms with Crippen LogP contribution in [-0.4, -0.2) is 31.5 Å². The molecule has 0 fully saturated rings. The Morgan fingerprint density at radius 1 is 1.12 bits per heavy atom. The van der Waals surface area contributed by atoms with Crippen LogP contribution in [0.2, 0.25) is 0 Å². The van der Waals surface area contributed by atoms with Gasteiger partial charge in [-0.25, -0.2) is 0 Å². The number of hydrogen-bond acceptors (Lipinski definition) is 2. The molecule has 0 aliphatic rings. The molecule has 0 saturated heterocycles. The number of nitrogens with zero attached hydrogens (tertiary/aromatic N) is 1. The van der Waals surface area contributed by atoms with Crippen LogP contribution in [0.3, 0.4) is 0 Å². The van der Waals surface area contributed by atoms with Crippen LogP contribution in [0.25, 0.3) is 10.9 Å². The van der Waals surface area contributed by atoms with Gasteiger partial charge in [0.2, 0.25) is 0 Å². The highest BCUT2D eigenvalue weighted by Gasteiger charge is 2.10. The summed E-state index contributed by atoms with van der Waals surface area (Å²) in [5.41, 5.74) is 3.66. The van der Waals surface area contributed by atoms with Crippen LogP contribution in [0.1, 0.15) is 15.9 Å². The standard InChI is InChI=1S/C20H19N3O/c1-23(2)16-11-9-15(10-12-16)6-5-13-21-20(24)18-14-22-19-8-4-3-7-17(18)19/h3-4,7-12,14,22H,13H2,1-2H3,(H,21,24). The fourth-order valence-corrected chi connectivity index (χ4v) is 2.47. The largest absolute Gasteiger partial charge is 0.378 e. The van der Waals surface area contributed by atoms with Gasteiger partial charge in [0.1, 0.15) is 0 Å². The second-order valence-electron chi connectivity index (χ2n) is 5.67. The molecule has 0 saturated carbocycles. The average molecular weight is 317 g/mol. The minimum absolute atomic E-state index is 0.121. The molecule has 0 aliphatic heterocycles. The molecule has 0 unspecified atom stereocenters. The van der Waals surface area contributed by atoms with Crippen LogP contribution in [0.5, 0.6) is 0 Å². The molecule has 2 aromatic carbocycles. The third-order valence-electron chi connectivity index (χ3n) is 3.79. The number of para-hydroxylation sites is 1. The highest BCUT2D eigenvalue weighted by atomic mass is 16.1. The van der Waals surface area contributed by atoms with Gasteiger partial charge < -0.3 is 15.2 Å². The molecule has 4 heteroatoms. The minimum atomic E-state index is -0.121. The summed E-state index contributed by atoms with van der Waals surface area (Å²) in [5.74, 6) is 5.92. The summed E-state index contributed by atoms with van der Waals surface area (Å²) in [7, 11) is 4.00. The minimum Gasteiger partial charge on any atom is -0.378 e. The summed E-state index contributed by atoms with van der Waals surface area (Å²) in [6.45, 7) is 0.313. The molecule has 3 aromatic rings. The van der Waals surface area contributed by atoms with Crippen LogP contribution < -0.4 is 10.2 Å². The fraction of sp³-hybridized carbons (Fsp3) is 0.150. The molecule has 0 atom stereocenters. The summed E-state index contributed by atoms with van der Waals surface area (Å²) < 4.78 is 0. The van der Waals surface area contributed by atoms with Crippen molar-refractivity contribution >= 4 is 22.5 Å². The van der Waals surface area contributed by atoms with E-state index in [-0.39, 0.29) is 5.91 Å². The van der Waals surface area contributed by atoms with Crippen LogP contribution >= 0.6 is 0 Å². The van der Waals surface area contributed by atoms with Crippen molar-refractivity contribution in [2.75, 3.05) is 25.5 Å². The average Bonchev–Trinajstić information content (AvgIpc) is 3.03. The second kappa shape index (κ2) is 6.93. The van der Waals surface area contributed by atoms with Crippen molar-refractivity contribution in [3.63, 3.8) is 0 Å².